The van der Waals surface area contributed by atoms with E-state index in [1.807, 2.05) is 0 Å². The third-order valence-corrected chi connectivity index (χ3v) is 2.77. The molecular weight excluding hydrogens is 272 g/mol. The molecule has 0 unspecified atom stereocenters. The monoisotopic (exact) mass is 280 g/mol. The highest BCUT2D eigenvalue weighted by Crippen LogP contribution is 2.29. The predicted molar refractivity (Wildman–Crippen MR) is 65.7 cm³/mol. The summed E-state index contributed by atoms with van der Waals surface area (Å²) in [6.45, 7) is 3.53. The number of allylic oxidation sites excluding steroid dienone is 1. The molecule has 0 aliphatic heterocycles. The Morgan fingerprint density at radius 2 is 2.25 bits per heavy atom. The van der Waals surface area contributed by atoms with Crippen LogP contribution < -0.4 is 5.63 Å². The van der Waals surface area contributed by atoms with E-state index in [2.05, 4.69) is 22.5 Å². The molecule has 16 heavy (non-hydrogen) atoms. The van der Waals surface area contributed by atoms with Crippen LogP contribution in [0.4, 0.5) is 0 Å². The highest BCUT2D eigenvalue weighted by Gasteiger charge is 2.12. The Bertz CT molecular complexity index is 613. The molecule has 0 saturated carbocycles. The maximum Gasteiger partial charge on any atom is 0.343 e. The molecule has 1 heterocycles. The number of hydrogen-bond donors (Lipinski definition) is 1. The Morgan fingerprint density at radius 3 is 2.94 bits per heavy atom. The van der Waals surface area contributed by atoms with E-state index in [0.717, 1.165) is 4.47 Å². The minimum absolute atomic E-state index is 0.0348. The molecule has 82 valence electrons. The van der Waals surface area contributed by atoms with Gasteiger partial charge in [0.2, 0.25) is 0 Å². The average Bonchev–Trinajstić information content (AvgIpc) is 2.26. The molecule has 1 N–H and O–H groups in total. The Hall–Kier alpha value is -1.55. The highest BCUT2D eigenvalue weighted by molar-refractivity contribution is 9.10. The van der Waals surface area contributed by atoms with Gasteiger partial charge in [0, 0.05) is 10.9 Å². The van der Waals surface area contributed by atoms with E-state index in [0.29, 0.717) is 11.0 Å². The summed E-state index contributed by atoms with van der Waals surface area (Å²) in [4.78, 5) is 11.5. The van der Waals surface area contributed by atoms with Gasteiger partial charge in [-0.05, 0) is 18.2 Å². The maximum absolute atomic E-state index is 11.5. The third kappa shape index (κ3) is 1.76. The van der Waals surface area contributed by atoms with Crippen molar-refractivity contribution in [1.82, 2.24) is 0 Å². The summed E-state index contributed by atoms with van der Waals surface area (Å²) in [6, 6.07) is 5.09. The first kappa shape index (κ1) is 11.0. The second-order valence-corrected chi connectivity index (χ2v) is 4.27. The minimum Gasteiger partial charge on any atom is -0.507 e. The van der Waals surface area contributed by atoms with Crippen LogP contribution in [0.2, 0.25) is 0 Å². The predicted octanol–water partition coefficient (Wildman–Crippen LogP) is 2.99. The Labute approximate surface area is 100 Å². The molecule has 0 bridgehead atoms. The van der Waals surface area contributed by atoms with E-state index >= 15 is 0 Å². The van der Waals surface area contributed by atoms with Crippen LogP contribution in [0, 0.1) is 0 Å². The van der Waals surface area contributed by atoms with Gasteiger partial charge >= 0.3 is 5.63 Å². The van der Waals surface area contributed by atoms with E-state index in [1.165, 1.54) is 0 Å². The zero-order valence-electron chi connectivity index (χ0n) is 8.37. The highest BCUT2D eigenvalue weighted by atomic mass is 79.9. The first-order valence-electron chi connectivity index (χ1n) is 4.68. The van der Waals surface area contributed by atoms with E-state index in [1.54, 1.807) is 24.3 Å². The minimum atomic E-state index is -0.521. The van der Waals surface area contributed by atoms with Crippen molar-refractivity contribution in [3.63, 3.8) is 0 Å². The van der Waals surface area contributed by atoms with Gasteiger partial charge in [-0.2, -0.15) is 0 Å². The topological polar surface area (TPSA) is 50.4 Å². The number of benzene rings is 1. The van der Waals surface area contributed by atoms with Crippen LogP contribution in [-0.2, 0) is 6.42 Å². The average molecular weight is 281 g/mol. The Morgan fingerprint density at radius 1 is 1.50 bits per heavy atom. The third-order valence-electron chi connectivity index (χ3n) is 2.28. The van der Waals surface area contributed by atoms with E-state index < -0.39 is 5.63 Å². The fourth-order valence-corrected chi connectivity index (χ4v) is 1.88. The van der Waals surface area contributed by atoms with E-state index in [9.17, 15) is 9.90 Å². The van der Waals surface area contributed by atoms with Crippen molar-refractivity contribution in [3.8, 4) is 5.75 Å². The van der Waals surface area contributed by atoms with Crippen LogP contribution in [0.5, 0.6) is 5.75 Å². The number of halogens is 1. The van der Waals surface area contributed by atoms with Crippen molar-refractivity contribution in [2.75, 3.05) is 0 Å². The van der Waals surface area contributed by atoms with Gasteiger partial charge in [-0.1, -0.05) is 22.0 Å². The fourth-order valence-electron chi connectivity index (χ4n) is 1.52. The normalized spacial score (nSPS) is 10.6. The lowest BCUT2D eigenvalue weighted by atomic mass is 10.1. The fraction of sp³-hybridized carbons (Fsp3) is 0.0833. The second-order valence-electron chi connectivity index (χ2n) is 3.35. The van der Waals surface area contributed by atoms with E-state index in [-0.39, 0.29) is 17.7 Å². The lowest BCUT2D eigenvalue weighted by Gasteiger charge is -2.04. The van der Waals surface area contributed by atoms with Crippen molar-refractivity contribution in [2.24, 2.45) is 0 Å². The largest absolute Gasteiger partial charge is 0.507 e. The van der Waals surface area contributed by atoms with Gasteiger partial charge in [0.05, 0.1) is 10.9 Å². The maximum atomic E-state index is 11.5. The standard InChI is InChI=1S/C12H9BrO3/c1-2-3-8-11(14)9-6-7(13)4-5-10(9)16-12(8)15/h2,4-6,14H,1,3H2. The lowest BCUT2D eigenvalue weighted by molar-refractivity contribution is 0.459. The summed E-state index contributed by atoms with van der Waals surface area (Å²) in [7, 11) is 0. The van der Waals surface area contributed by atoms with Crippen LogP contribution in [0.3, 0.4) is 0 Å². The summed E-state index contributed by atoms with van der Waals surface area (Å²) in [6.07, 6.45) is 1.84. The number of rotatable bonds is 2. The molecule has 4 heteroatoms. The molecule has 0 aliphatic carbocycles. The van der Waals surface area contributed by atoms with Gasteiger partial charge in [0.15, 0.2) is 0 Å². The lowest BCUT2D eigenvalue weighted by Crippen LogP contribution is -2.06. The number of aromatic hydroxyl groups is 1. The van der Waals surface area contributed by atoms with Crippen molar-refractivity contribution in [1.29, 1.82) is 0 Å². The molecule has 0 aliphatic rings. The summed E-state index contributed by atoms with van der Waals surface area (Å²) < 4.78 is 5.91. The van der Waals surface area contributed by atoms with Crippen LogP contribution in [0.1, 0.15) is 5.56 Å². The summed E-state index contributed by atoms with van der Waals surface area (Å²) >= 11 is 3.30. The zero-order valence-corrected chi connectivity index (χ0v) is 9.95. The van der Waals surface area contributed by atoms with Gasteiger partial charge in [-0.3, -0.25) is 0 Å². The van der Waals surface area contributed by atoms with Crippen molar-refractivity contribution in [3.05, 3.63) is 51.3 Å². The molecule has 0 amide bonds. The quantitative estimate of drug-likeness (QED) is 0.680. The van der Waals surface area contributed by atoms with Gasteiger partial charge in [0.25, 0.3) is 0 Å². The summed E-state index contributed by atoms with van der Waals surface area (Å²) in [5, 5.41) is 10.5. The van der Waals surface area contributed by atoms with Crippen molar-refractivity contribution < 1.29 is 9.52 Å². The molecule has 2 rings (SSSR count). The van der Waals surface area contributed by atoms with E-state index in [4.69, 9.17) is 4.42 Å². The van der Waals surface area contributed by atoms with Crippen molar-refractivity contribution >= 4 is 26.9 Å². The molecule has 2 aromatic rings. The molecular formula is C12H9BrO3. The molecule has 3 nitrogen and oxygen atoms in total. The zero-order chi connectivity index (χ0) is 11.7. The summed E-state index contributed by atoms with van der Waals surface area (Å²) in [5.41, 5.74) is 0.0892. The molecule has 0 spiro atoms. The first-order chi connectivity index (χ1) is 7.63. The molecule has 0 saturated heterocycles. The number of fused-ring (bicyclic) bond motifs is 1. The van der Waals surface area contributed by atoms with Gasteiger partial charge in [-0.25, -0.2) is 4.79 Å². The van der Waals surface area contributed by atoms with Crippen LogP contribution >= 0.6 is 15.9 Å². The van der Waals surface area contributed by atoms with Crippen LogP contribution in [-0.4, -0.2) is 5.11 Å². The van der Waals surface area contributed by atoms with Gasteiger partial charge in [0.1, 0.15) is 11.3 Å². The van der Waals surface area contributed by atoms with Crippen LogP contribution in [0.25, 0.3) is 11.0 Å². The first-order valence-corrected chi connectivity index (χ1v) is 5.48. The Kier molecular flexibility index (Phi) is 2.83. The molecule has 0 atom stereocenters. The van der Waals surface area contributed by atoms with Crippen LogP contribution in [0.15, 0.2) is 44.5 Å². The second kappa shape index (κ2) is 4.14. The molecule has 1 aromatic carbocycles. The molecule has 0 fully saturated rings. The SMILES string of the molecule is C=CCc1c(O)c2cc(Br)ccc2oc1=O. The molecule has 1 aromatic heterocycles. The Balaban J connectivity index is 2.84. The van der Waals surface area contributed by atoms with Gasteiger partial charge < -0.3 is 9.52 Å². The summed E-state index contributed by atoms with van der Waals surface area (Å²) in [5.74, 6) is -0.0348. The smallest absolute Gasteiger partial charge is 0.343 e. The van der Waals surface area contributed by atoms with Gasteiger partial charge in [-0.15, -0.1) is 6.58 Å². The van der Waals surface area contributed by atoms with Crippen molar-refractivity contribution in [2.45, 2.75) is 6.42 Å². The number of hydrogen-bond acceptors (Lipinski definition) is 3. The molecule has 0 radical (unpaired) electrons.